The SMILES string of the molecule is C/C=C/CNc1cc(C(=O)O)cnn1. The fourth-order valence-electron chi connectivity index (χ4n) is 0.851. The second-order valence-corrected chi connectivity index (χ2v) is 2.58. The van der Waals surface area contributed by atoms with E-state index in [2.05, 4.69) is 15.5 Å². The zero-order chi connectivity index (χ0) is 10.4. The van der Waals surface area contributed by atoms with Gasteiger partial charge in [-0.15, -0.1) is 5.10 Å². The summed E-state index contributed by atoms with van der Waals surface area (Å²) in [6, 6.07) is 1.44. The third-order valence-corrected chi connectivity index (χ3v) is 1.54. The lowest BCUT2D eigenvalue weighted by Gasteiger charge is -2.01. The molecular weight excluding hydrogens is 182 g/mol. The quantitative estimate of drug-likeness (QED) is 0.702. The Morgan fingerprint density at radius 1 is 1.71 bits per heavy atom. The van der Waals surface area contributed by atoms with E-state index in [0.29, 0.717) is 12.4 Å². The minimum atomic E-state index is -1.01. The van der Waals surface area contributed by atoms with Crippen molar-refractivity contribution in [2.24, 2.45) is 0 Å². The molecule has 0 aliphatic heterocycles. The molecule has 0 unspecified atom stereocenters. The molecule has 0 aromatic carbocycles. The van der Waals surface area contributed by atoms with Crippen LogP contribution in [-0.4, -0.2) is 27.8 Å². The monoisotopic (exact) mass is 193 g/mol. The Kier molecular flexibility index (Phi) is 3.60. The number of aromatic carboxylic acids is 1. The number of carboxylic acids is 1. The van der Waals surface area contributed by atoms with Crippen LogP contribution in [-0.2, 0) is 0 Å². The van der Waals surface area contributed by atoms with E-state index >= 15 is 0 Å². The number of hydrogen-bond acceptors (Lipinski definition) is 4. The average molecular weight is 193 g/mol. The minimum absolute atomic E-state index is 0.128. The van der Waals surface area contributed by atoms with Gasteiger partial charge in [0.15, 0.2) is 0 Å². The molecule has 1 aromatic rings. The molecular formula is C9H11N3O2. The van der Waals surface area contributed by atoms with Crippen molar-refractivity contribution < 1.29 is 9.90 Å². The van der Waals surface area contributed by atoms with Crippen LogP contribution >= 0.6 is 0 Å². The van der Waals surface area contributed by atoms with Crippen LogP contribution in [0.1, 0.15) is 17.3 Å². The summed E-state index contributed by atoms with van der Waals surface area (Å²) >= 11 is 0. The Balaban J connectivity index is 2.68. The lowest BCUT2D eigenvalue weighted by Crippen LogP contribution is -2.05. The Morgan fingerprint density at radius 3 is 3.14 bits per heavy atom. The fourth-order valence-corrected chi connectivity index (χ4v) is 0.851. The van der Waals surface area contributed by atoms with Gasteiger partial charge in [0.2, 0.25) is 0 Å². The highest BCUT2D eigenvalue weighted by molar-refractivity contribution is 5.87. The van der Waals surface area contributed by atoms with E-state index in [9.17, 15) is 4.79 Å². The van der Waals surface area contributed by atoms with E-state index in [1.807, 2.05) is 19.1 Å². The number of allylic oxidation sites excluding steroid dienone is 1. The number of carbonyl (C=O) groups is 1. The molecule has 1 heterocycles. The minimum Gasteiger partial charge on any atom is -0.478 e. The number of carboxylic acid groups (broad SMARTS) is 1. The molecule has 1 rings (SSSR count). The number of hydrogen-bond donors (Lipinski definition) is 2. The first-order chi connectivity index (χ1) is 6.74. The van der Waals surface area contributed by atoms with Crippen LogP contribution in [0, 0.1) is 0 Å². The van der Waals surface area contributed by atoms with Gasteiger partial charge in [-0.25, -0.2) is 4.79 Å². The van der Waals surface area contributed by atoms with Crippen LogP contribution in [0.4, 0.5) is 5.82 Å². The summed E-state index contributed by atoms with van der Waals surface area (Å²) in [5.41, 5.74) is 0.128. The molecule has 0 radical (unpaired) electrons. The van der Waals surface area contributed by atoms with Crippen molar-refractivity contribution in [1.29, 1.82) is 0 Å². The second-order valence-electron chi connectivity index (χ2n) is 2.58. The molecule has 0 spiro atoms. The van der Waals surface area contributed by atoms with Gasteiger partial charge in [-0.1, -0.05) is 12.2 Å². The lowest BCUT2D eigenvalue weighted by atomic mass is 10.3. The summed E-state index contributed by atoms with van der Waals surface area (Å²) in [6.07, 6.45) is 5.00. The molecule has 0 saturated heterocycles. The van der Waals surface area contributed by atoms with Crippen molar-refractivity contribution in [3.05, 3.63) is 30.0 Å². The van der Waals surface area contributed by atoms with Gasteiger partial charge >= 0.3 is 5.97 Å². The number of rotatable bonds is 4. The molecule has 14 heavy (non-hydrogen) atoms. The zero-order valence-electron chi connectivity index (χ0n) is 7.77. The maximum Gasteiger partial charge on any atom is 0.337 e. The van der Waals surface area contributed by atoms with E-state index in [0.717, 1.165) is 0 Å². The standard InChI is InChI=1S/C9H11N3O2/c1-2-3-4-10-8-5-7(9(13)14)6-11-12-8/h2-3,5-6H,4H2,1H3,(H,10,12)(H,13,14)/b3-2+. The first-order valence-electron chi connectivity index (χ1n) is 4.15. The van der Waals surface area contributed by atoms with Crippen molar-refractivity contribution in [3.63, 3.8) is 0 Å². The van der Waals surface area contributed by atoms with E-state index in [4.69, 9.17) is 5.11 Å². The van der Waals surface area contributed by atoms with E-state index in [-0.39, 0.29) is 5.56 Å². The summed E-state index contributed by atoms with van der Waals surface area (Å²) < 4.78 is 0. The molecule has 5 heteroatoms. The molecule has 0 amide bonds. The first-order valence-corrected chi connectivity index (χ1v) is 4.15. The molecule has 1 aromatic heterocycles. The highest BCUT2D eigenvalue weighted by Crippen LogP contribution is 2.04. The summed E-state index contributed by atoms with van der Waals surface area (Å²) in [5.74, 6) is -0.544. The summed E-state index contributed by atoms with van der Waals surface area (Å²) in [4.78, 5) is 10.6. The first kappa shape index (κ1) is 10.2. The predicted molar refractivity (Wildman–Crippen MR) is 52.3 cm³/mol. The van der Waals surface area contributed by atoms with Crippen LogP contribution < -0.4 is 5.32 Å². The summed E-state index contributed by atoms with van der Waals surface area (Å²) in [6.45, 7) is 2.51. The van der Waals surface area contributed by atoms with E-state index in [1.54, 1.807) is 0 Å². The third-order valence-electron chi connectivity index (χ3n) is 1.54. The predicted octanol–water partition coefficient (Wildman–Crippen LogP) is 1.16. The second kappa shape index (κ2) is 4.96. The van der Waals surface area contributed by atoms with Gasteiger partial charge in [0.1, 0.15) is 5.82 Å². The van der Waals surface area contributed by atoms with Crippen molar-refractivity contribution in [1.82, 2.24) is 10.2 Å². The molecule has 5 nitrogen and oxygen atoms in total. The van der Waals surface area contributed by atoms with Crippen LogP contribution in [0.2, 0.25) is 0 Å². The van der Waals surface area contributed by atoms with Gasteiger partial charge < -0.3 is 10.4 Å². The van der Waals surface area contributed by atoms with Gasteiger partial charge in [-0.05, 0) is 13.0 Å². The number of nitrogens with one attached hydrogen (secondary N) is 1. The fraction of sp³-hybridized carbons (Fsp3) is 0.222. The molecule has 0 atom stereocenters. The summed E-state index contributed by atoms with van der Waals surface area (Å²) in [5, 5.41) is 18.9. The van der Waals surface area contributed by atoms with Gasteiger partial charge in [0, 0.05) is 6.54 Å². The van der Waals surface area contributed by atoms with Crippen LogP contribution in [0.25, 0.3) is 0 Å². The Bertz CT molecular complexity index is 350. The third kappa shape index (κ3) is 2.85. The smallest absolute Gasteiger partial charge is 0.337 e. The lowest BCUT2D eigenvalue weighted by molar-refractivity contribution is 0.0696. The van der Waals surface area contributed by atoms with Gasteiger partial charge in [0.05, 0.1) is 11.8 Å². The Labute approximate surface area is 81.5 Å². The normalized spacial score (nSPS) is 10.4. The van der Waals surface area contributed by atoms with Crippen LogP contribution in [0.5, 0.6) is 0 Å². The molecule has 2 N–H and O–H groups in total. The number of anilines is 1. The molecule has 74 valence electrons. The highest BCUT2D eigenvalue weighted by Gasteiger charge is 2.03. The molecule has 0 bridgehead atoms. The van der Waals surface area contributed by atoms with Crippen molar-refractivity contribution in [3.8, 4) is 0 Å². The van der Waals surface area contributed by atoms with Gasteiger partial charge in [-0.2, -0.15) is 5.10 Å². The van der Waals surface area contributed by atoms with Gasteiger partial charge in [0.25, 0.3) is 0 Å². The van der Waals surface area contributed by atoms with E-state index < -0.39 is 5.97 Å². The highest BCUT2D eigenvalue weighted by atomic mass is 16.4. The number of nitrogens with zero attached hydrogens (tertiary/aromatic N) is 2. The van der Waals surface area contributed by atoms with Crippen molar-refractivity contribution in [2.75, 3.05) is 11.9 Å². The topological polar surface area (TPSA) is 75.1 Å². The van der Waals surface area contributed by atoms with Crippen LogP contribution in [0.15, 0.2) is 24.4 Å². The zero-order valence-corrected chi connectivity index (χ0v) is 7.77. The van der Waals surface area contributed by atoms with Crippen molar-refractivity contribution >= 4 is 11.8 Å². The largest absolute Gasteiger partial charge is 0.478 e. The Hall–Kier alpha value is -1.91. The molecule has 0 aliphatic rings. The van der Waals surface area contributed by atoms with Crippen molar-refractivity contribution in [2.45, 2.75) is 6.92 Å². The maximum atomic E-state index is 10.6. The summed E-state index contributed by atoms with van der Waals surface area (Å²) in [7, 11) is 0. The molecule has 0 saturated carbocycles. The average Bonchev–Trinajstić information content (AvgIpc) is 2.19. The molecule has 0 aliphatic carbocycles. The number of aromatic nitrogens is 2. The van der Waals surface area contributed by atoms with E-state index in [1.165, 1.54) is 12.3 Å². The van der Waals surface area contributed by atoms with Crippen LogP contribution in [0.3, 0.4) is 0 Å². The van der Waals surface area contributed by atoms with Gasteiger partial charge in [-0.3, -0.25) is 0 Å². The maximum absolute atomic E-state index is 10.6. The Morgan fingerprint density at radius 2 is 2.50 bits per heavy atom. The molecule has 0 fully saturated rings.